The van der Waals surface area contributed by atoms with Gasteiger partial charge in [0.05, 0.1) is 0 Å². The maximum absolute atomic E-state index is 5.70. The van der Waals surface area contributed by atoms with Gasteiger partial charge in [0.15, 0.2) is 0 Å². The number of hydrogen-bond acceptors (Lipinski definition) is 2. The molecule has 0 spiro atoms. The molecular weight excluding hydrogens is 216 g/mol. The van der Waals surface area contributed by atoms with Gasteiger partial charge in [0.1, 0.15) is 12.4 Å². The topological polar surface area (TPSA) is 9.23 Å². The van der Waals surface area contributed by atoms with Crippen molar-refractivity contribution in [2.75, 3.05) is 0 Å². The molecule has 0 saturated heterocycles. The van der Waals surface area contributed by atoms with Crippen LogP contribution in [-0.2, 0) is 12.4 Å². The zero-order chi connectivity index (χ0) is 11.2. The second-order valence-electron chi connectivity index (χ2n) is 3.53. The molecule has 0 fully saturated rings. The Kier molecular flexibility index (Phi) is 3.89. The lowest BCUT2D eigenvalue weighted by atomic mass is 10.1. The molecule has 0 aliphatic carbocycles. The molecule has 0 aliphatic heterocycles. The van der Waals surface area contributed by atoms with E-state index in [0.29, 0.717) is 6.61 Å². The van der Waals surface area contributed by atoms with Crippen molar-refractivity contribution in [3.8, 4) is 5.75 Å². The molecule has 0 N–H and O–H groups in total. The normalized spacial score (nSPS) is 10.1. The van der Waals surface area contributed by atoms with E-state index in [4.69, 9.17) is 4.74 Å². The summed E-state index contributed by atoms with van der Waals surface area (Å²) in [5, 5.41) is 0. The zero-order valence-corrected chi connectivity index (χ0v) is 9.86. The minimum atomic E-state index is 0.598. The van der Waals surface area contributed by atoms with Gasteiger partial charge in [-0.25, -0.2) is 0 Å². The number of hydrogen-bond donors (Lipinski definition) is 1. The van der Waals surface area contributed by atoms with E-state index < -0.39 is 0 Å². The van der Waals surface area contributed by atoms with Gasteiger partial charge in [0, 0.05) is 5.75 Å². The van der Waals surface area contributed by atoms with Crippen LogP contribution in [0.5, 0.6) is 5.75 Å². The summed E-state index contributed by atoms with van der Waals surface area (Å²) in [6.45, 7) is 0.598. The van der Waals surface area contributed by atoms with Crippen molar-refractivity contribution < 1.29 is 4.74 Å². The van der Waals surface area contributed by atoms with Crippen LogP contribution in [0.1, 0.15) is 11.1 Å². The van der Waals surface area contributed by atoms with E-state index in [1.165, 1.54) is 11.1 Å². The molecule has 0 radical (unpaired) electrons. The van der Waals surface area contributed by atoms with Crippen LogP contribution in [0.25, 0.3) is 0 Å². The standard InChI is InChI=1S/C14H14OS/c16-11-13-7-5-4-6-12(13)10-15-14-8-2-1-3-9-14/h1-9,16H,10-11H2. The molecule has 0 aromatic heterocycles. The monoisotopic (exact) mass is 230 g/mol. The third-order valence-electron chi connectivity index (χ3n) is 2.43. The van der Waals surface area contributed by atoms with E-state index in [0.717, 1.165) is 11.5 Å². The van der Waals surface area contributed by atoms with Crippen molar-refractivity contribution in [2.24, 2.45) is 0 Å². The zero-order valence-electron chi connectivity index (χ0n) is 8.97. The van der Waals surface area contributed by atoms with E-state index in [1.54, 1.807) is 0 Å². The highest BCUT2D eigenvalue weighted by Gasteiger charge is 2.00. The van der Waals surface area contributed by atoms with Crippen LogP contribution in [0.2, 0.25) is 0 Å². The van der Waals surface area contributed by atoms with Gasteiger partial charge in [-0.1, -0.05) is 42.5 Å². The van der Waals surface area contributed by atoms with E-state index >= 15 is 0 Å². The summed E-state index contributed by atoms with van der Waals surface area (Å²) in [7, 11) is 0. The molecule has 0 heterocycles. The van der Waals surface area contributed by atoms with Crippen molar-refractivity contribution in [1.82, 2.24) is 0 Å². The van der Waals surface area contributed by atoms with Crippen LogP contribution in [0, 0.1) is 0 Å². The molecule has 0 atom stereocenters. The van der Waals surface area contributed by atoms with E-state index in [9.17, 15) is 0 Å². The number of rotatable bonds is 4. The van der Waals surface area contributed by atoms with E-state index in [2.05, 4.69) is 24.8 Å². The van der Waals surface area contributed by atoms with Gasteiger partial charge in [-0.3, -0.25) is 0 Å². The Bertz CT molecular complexity index is 439. The van der Waals surface area contributed by atoms with Crippen molar-refractivity contribution >= 4 is 12.6 Å². The average molecular weight is 230 g/mol. The van der Waals surface area contributed by atoms with Crippen molar-refractivity contribution in [2.45, 2.75) is 12.4 Å². The Balaban J connectivity index is 2.05. The molecule has 0 saturated carbocycles. The molecule has 0 aliphatic rings. The third-order valence-corrected chi connectivity index (χ3v) is 2.77. The van der Waals surface area contributed by atoms with Crippen molar-refractivity contribution in [3.05, 3.63) is 65.7 Å². The van der Waals surface area contributed by atoms with E-state index in [1.807, 2.05) is 42.5 Å². The molecule has 82 valence electrons. The van der Waals surface area contributed by atoms with Gasteiger partial charge >= 0.3 is 0 Å². The predicted molar refractivity (Wildman–Crippen MR) is 69.9 cm³/mol. The van der Waals surface area contributed by atoms with Crippen LogP contribution in [0.4, 0.5) is 0 Å². The largest absolute Gasteiger partial charge is 0.489 e. The van der Waals surface area contributed by atoms with Crippen LogP contribution >= 0.6 is 12.6 Å². The average Bonchev–Trinajstić information content (AvgIpc) is 2.38. The van der Waals surface area contributed by atoms with Gasteiger partial charge in [-0.15, -0.1) is 0 Å². The van der Waals surface area contributed by atoms with Crippen LogP contribution in [0.3, 0.4) is 0 Å². The molecule has 0 bridgehead atoms. The maximum Gasteiger partial charge on any atom is 0.119 e. The van der Waals surface area contributed by atoms with Gasteiger partial charge in [0.2, 0.25) is 0 Å². The SMILES string of the molecule is SCc1ccccc1COc1ccccc1. The molecule has 1 nitrogen and oxygen atoms in total. The predicted octanol–water partition coefficient (Wildman–Crippen LogP) is 3.70. The Hall–Kier alpha value is -1.41. The summed E-state index contributed by atoms with van der Waals surface area (Å²) in [5.41, 5.74) is 2.42. The lowest BCUT2D eigenvalue weighted by molar-refractivity contribution is 0.305. The first-order valence-electron chi connectivity index (χ1n) is 5.25. The summed E-state index contributed by atoms with van der Waals surface area (Å²) in [6, 6.07) is 18.1. The first kappa shape index (κ1) is 11.1. The van der Waals surface area contributed by atoms with Gasteiger partial charge < -0.3 is 4.74 Å². The third kappa shape index (κ3) is 2.80. The summed E-state index contributed by atoms with van der Waals surface area (Å²) < 4.78 is 5.70. The number of ether oxygens (including phenoxy) is 1. The van der Waals surface area contributed by atoms with Crippen molar-refractivity contribution in [1.29, 1.82) is 0 Å². The highest BCUT2D eigenvalue weighted by atomic mass is 32.1. The molecule has 16 heavy (non-hydrogen) atoms. The van der Waals surface area contributed by atoms with Crippen LogP contribution in [-0.4, -0.2) is 0 Å². The van der Waals surface area contributed by atoms with Crippen LogP contribution in [0.15, 0.2) is 54.6 Å². The molecule has 2 heteroatoms. The quantitative estimate of drug-likeness (QED) is 0.788. The minimum absolute atomic E-state index is 0.598. The fourth-order valence-electron chi connectivity index (χ4n) is 1.53. The minimum Gasteiger partial charge on any atom is -0.489 e. The number of para-hydroxylation sites is 1. The van der Waals surface area contributed by atoms with E-state index in [-0.39, 0.29) is 0 Å². The Morgan fingerprint density at radius 3 is 2.12 bits per heavy atom. The van der Waals surface area contributed by atoms with Crippen LogP contribution < -0.4 is 4.74 Å². The first-order chi connectivity index (χ1) is 7.90. The first-order valence-corrected chi connectivity index (χ1v) is 5.89. The fourth-order valence-corrected chi connectivity index (χ4v) is 1.84. The number of benzene rings is 2. The fraction of sp³-hybridized carbons (Fsp3) is 0.143. The Morgan fingerprint density at radius 2 is 1.44 bits per heavy atom. The van der Waals surface area contributed by atoms with Gasteiger partial charge in [-0.05, 0) is 23.3 Å². The highest BCUT2D eigenvalue weighted by Crippen LogP contribution is 2.15. The number of thiol groups is 1. The highest BCUT2D eigenvalue weighted by molar-refractivity contribution is 7.79. The molecule has 2 aromatic carbocycles. The maximum atomic E-state index is 5.70. The van der Waals surface area contributed by atoms with Gasteiger partial charge in [-0.2, -0.15) is 12.6 Å². The second-order valence-corrected chi connectivity index (χ2v) is 3.84. The van der Waals surface area contributed by atoms with Crippen molar-refractivity contribution in [3.63, 3.8) is 0 Å². The molecule has 0 amide bonds. The lowest BCUT2D eigenvalue weighted by Crippen LogP contribution is -1.98. The summed E-state index contributed by atoms with van der Waals surface area (Å²) in [4.78, 5) is 0. The Labute approximate surface area is 101 Å². The molecular formula is C14H14OS. The summed E-state index contributed by atoms with van der Waals surface area (Å²) in [5.74, 6) is 1.64. The molecule has 0 unspecified atom stereocenters. The molecule has 2 aromatic rings. The molecule has 2 rings (SSSR count). The second kappa shape index (κ2) is 5.61. The summed E-state index contributed by atoms with van der Waals surface area (Å²) >= 11 is 4.30. The smallest absolute Gasteiger partial charge is 0.119 e. The van der Waals surface area contributed by atoms with Gasteiger partial charge in [0.25, 0.3) is 0 Å². The Morgan fingerprint density at radius 1 is 0.812 bits per heavy atom. The lowest BCUT2D eigenvalue weighted by Gasteiger charge is -2.09. The summed E-state index contributed by atoms with van der Waals surface area (Å²) in [6.07, 6.45) is 0.